The number of nitro groups is 1. The molecule has 0 radical (unpaired) electrons. The molecule has 1 N–H and O–H groups in total. The van der Waals surface area contributed by atoms with Crippen LogP contribution in [0.2, 0.25) is 0 Å². The van der Waals surface area contributed by atoms with Crippen LogP contribution >= 0.6 is 0 Å². The number of fused-ring (bicyclic) bond motifs is 1. The maximum atomic E-state index is 12.6. The maximum Gasteiger partial charge on any atom is 0.410 e. The summed E-state index contributed by atoms with van der Waals surface area (Å²) in [7, 11) is 0. The molecule has 10 nitrogen and oxygen atoms in total. The van der Waals surface area contributed by atoms with E-state index in [-0.39, 0.29) is 18.1 Å². The van der Waals surface area contributed by atoms with Crippen LogP contribution in [-0.2, 0) is 22.6 Å². The van der Waals surface area contributed by atoms with E-state index >= 15 is 0 Å². The van der Waals surface area contributed by atoms with E-state index < -0.39 is 16.6 Å². The van der Waals surface area contributed by atoms with Gasteiger partial charge in [0.05, 0.1) is 11.5 Å². The Labute approximate surface area is 197 Å². The zero-order valence-electron chi connectivity index (χ0n) is 19.6. The Morgan fingerprint density at radius 3 is 2.71 bits per heavy atom. The number of pyridine rings is 1. The number of benzene rings is 1. The molecular weight excluding hydrogens is 438 g/mol. The standard InChI is InChI=1S/C24H29N5O5/c1-24(2,3)34-23(31)28(16-18-6-4-10-25-15-18)12-5-11-26-22(30)17-27-13-9-19-14-20(29(32)33)7-8-21(19)27/h4,6-10,13-15H,5,11-12,16-17H2,1-3H3,(H,26,30). The van der Waals surface area contributed by atoms with Crippen molar-refractivity contribution in [3.8, 4) is 0 Å². The van der Waals surface area contributed by atoms with E-state index in [0.717, 1.165) is 11.1 Å². The highest BCUT2D eigenvalue weighted by Gasteiger charge is 2.22. The second-order valence-corrected chi connectivity index (χ2v) is 8.91. The number of carbonyl (C=O) groups excluding carboxylic acids is 2. The molecule has 0 spiro atoms. The number of nitro benzene ring substituents is 1. The number of hydrogen-bond acceptors (Lipinski definition) is 6. The minimum absolute atomic E-state index is 0.00975. The molecule has 2 aromatic heterocycles. The van der Waals surface area contributed by atoms with Gasteiger partial charge >= 0.3 is 6.09 Å². The molecule has 0 unspecified atom stereocenters. The average molecular weight is 468 g/mol. The summed E-state index contributed by atoms with van der Waals surface area (Å²) in [6.45, 7) is 6.69. The van der Waals surface area contributed by atoms with Gasteiger partial charge in [-0.25, -0.2) is 4.79 Å². The number of nitrogens with one attached hydrogen (secondary N) is 1. The van der Waals surface area contributed by atoms with E-state index in [9.17, 15) is 19.7 Å². The van der Waals surface area contributed by atoms with Crippen LogP contribution in [0.5, 0.6) is 0 Å². The average Bonchev–Trinajstić information content (AvgIpc) is 3.17. The van der Waals surface area contributed by atoms with Gasteiger partial charge in [0.25, 0.3) is 5.69 Å². The lowest BCUT2D eigenvalue weighted by Crippen LogP contribution is -2.38. The number of non-ortho nitro benzene ring substituents is 1. The molecule has 180 valence electrons. The molecule has 3 aromatic rings. The first-order valence-corrected chi connectivity index (χ1v) is 11.0. The predicted molar refractivity (Wildman–Crippen MR) is 127 cm³/mol. The zero-order chi connectivity index (χ0) is 24.7. The largest absolute Gasteiger partial charge is 0.444 e. The first-order valence-electron chi connectivity index (χ1n) is 11.0. The van der Waals surface area contributed by atoms with Crippen molar-refractivity contribution in [2.24, 2.45) is 0 Å². The number of aromatic nitrogens is 2. The molecule has 10 heteroatoms. The zero-order valence-corrected chi connectivity index (χ0v) is 19.6. The Bertz CT molecular complexity index is 1150. The summed E-state index contributed by atoms with van der Waals surface area (Å²) >= 11 is 0. The van der Waals surface area contributed by atoms with Crippen molar-refractivity contribution in [1.82, 2.24) is 19.8 Å². The van der Waals surface area contributed by atoms with Gasteiger partial charge in [0.2, 0.25) is 5.91 Å². The molecule has 0 atom stereocenters. The van der Waals surface area contributed by atoms with Crippen LogP contribution in [0.25, 0.3) is 10.9 Å². The maximum absolute atomic E-state index is 12.6. The molecule has 3 rings (SSSR count). The van der Waals surface area contributed by atoms with Crippen LogP contribution in [0, 0.1) is 10.1 Å². The van der Waals surface area contributed by atoms with E-state index in [1.54, 1.807) is 40.2 Å². The van der Waals surface area contributed by atoms with E-state index in [0.29, 0.717) is 31.4 Å². The van der Waals surface area contributed by atoms with Crippen molar-refractivity contribution in [2.45, 2.75) is 45.9 Å². The number of rotatable bonds is 9. The molecule has 0 aliphatic carbocycles. The lowest BCUT2D eigenvalue weighted by molar-refractivity contribution is -0.384. The van der Waals surface area contributed by atoms with Gasteiger partial charge < -0.3 is 19.5 Å². The van der Waals surface area contributed by atoms with Gasteiger partial charge in [0.15, 0.2) is 0 Å². The SMILES string of the molecule is CC(C)(C)OC(=O)N(CCCNC(=O)Cn1ccc2cc([N+](=O)[O-])ccc21)Cc1cccnc1. The molecule has 2 heterocycles. The second kappa shape index (κ2) is 10.8. The molecule has 1 aromatic carbocycles. The van der Waals surface area contributed by atoms with Gasteiger partial charge in [0.1, 0.15) is 12.1 Å². The van der Waals surface area contributed by atoms with Crippen LogP contribution in [0.15, 0.2) is 55.0 Å². The summed E-state index contributed by atoms with van der Waals surface area (Å²) in [6.07, 6.45) is 5.23. The summed E-state index contributed by atoms with van der Waals surface area (Å²) in [5, 5.41) is 14.5. The topological polar surface area (TPSA) is 120 Å². The van der Waals surface area contributed by atoms with Crippen molar-refractivity contribution in [3.05, 3.63) is 70.7 Å². The Balaban J connectivity index is 1.53. The van der Waals surface area contributed by atoms with Crippen molar-refractivity contribution in [3.63, 3.8) is 0 Å². The Morgan fingerprint density at radius 2 is 2.03 bits per heavy atom. The van der Waals surface area contributed by atoms with Crippen molar-refractivity contribution in [2.75, 3.05) is 13.1 Å². The first-order chi connectivity index (χ1) is 16.1. The van der Waals surface area contributed by atoms with E-state index in [2.05, 4.69) is 10.3 Å². The Hall–Kier alpha value is -3.95. The lowest BCUT2D eigenvalue weighted by Gasteiger charge is -2.27. The molecule has 34 heavy (non-hydrogen) atoms. The molecule has 0 saturated heterocycles. The first kappa shape index (κ1) is 24.7. The lowest BCUT2D eigenvalue weighted by atomic mass is 10.2. The van der Waals surface area contributed by atoms with Gasteiger partial charge in [-0.05, 0) is 51.0 Å². The summed E-state index contributed by atoms with van der Waals surface area (Å²) < 4.78 is 7.26. The van der Waals surface area contributed by atoms with Gasteiger partial charge in [-0.2, -0.15) is 0 Å². The normalized spacial score (nSPS) is 11.3. The fourth-order valence-electron chi connectivity index (χ4n) is 3.42. The second-order valence-electron chi connectivity index (χ2n) is 8.91. The number of nitrogens with zero attached hydrogens (tertiary/aromatic N) is 4. The molecule has 0 fully saturated rings. The molecular formula is C24H29N5O5. The van der Waals surface area contributed by atoms with Gasteiger partial charge in [-0.1, -0.05) is 6.07 Å². The third kappa shape index (κ3) is 7.03. The van der Waals surface area contributed by atoms with Crippen molar-refractivity contribution >= 4 is 28.6 Å². The molecule has 0 aliphatic rings. The minimum atomic E-state index is -0.613. The van der Waals surface area contributed by atoms with E-state index in [4.69, 9.17) is 4.74 Å². The minimum Gasteiger partial charge on any atom is -0.444 e. The predicted octanol–water partition coefficient (Wildman–Crippen LogP) is 3.89. The summed E-state index contributed by atoms with van der Waals surface area (Å²) in [5.74, 6) is -0.188. The highest BCUT2D eigenvalue weighted by atomic mass is 16.6. The number of hydrogen-bond donors (Lipinski definition) is 1. The summed E-state index contributed by atoms with van der Waals surface area (Å²) in [6, 6.07) is 9.99. The molecule has 0 aliphatic heterocycles. The monoisotopic (exact) mass is 467 g/mol. The smallest absolute Gasteiger partial charge is 0.410 e. The molecule has 2 amide bonds. The Kier molecular flexibility index (Phi) is 7.83. The fourth-order valence-corrected chi connectivity index (χ4v) is 3.42. The molecule has 0 bridgehead atoms. The van der Waals surface area contributed by atoms with E-state index in [1.165, 1.54) is 12.1 Å². The van der Waals surface area contributed by atoms with Crippen LogP contribution in [0.1, 0.15) is 32.8 Å². The van der Waals surface area contributed by atoms with Gasteiger partial charge in [-0.3, -0.25) is 19.9 Å². The number of amides is 2. The Morgan fingerprint density at radius 1 is 1.24 bits per heavy atom. The molecule has 0 saturated carbocycles. The van der Waals surface area contributed by atoms with Gasteiger partial charge in [0, 0.05) is 54.7 Å². The van der Waals surface area contributed by atoms with Crippen LogP contribution < -0.4 is 5.32 Å². The quantitative estimate of drug-likeness (QED) is 0.290. The van der Waals surface area contributed by atoms with Crippen LogP contribution in [-0.4, -0.2) is 50.1 Å². The fraction of sp³-hybridized carbons (Fsp3) is 0.375. The van der Waals surface area contributed by atoms with Gasteiger partial charge in [-0.15, -0.1) is 0 Å². The summed E-state index contributed by atoms with van der Waals surface area (Å²) in [5.41, 5.74) is 1.03. The highest BCUT2D eigenvalue weighted by molar-refractivity contribution is 5.85. The third-order valence-corrected chi connectivity index (χ3v) is 4.95. The van der Waals surface area contributed by atoms with Crippen LogP contribution in [0.3, 0.4) is 0 Å². The van der Waals surface area contributed by atoms with E-state index in [1.807, 2.05) is 32.9 Å². The summed E-state index contributed by atoms with van der Waals surface area (Å²) in [4.78, 5) is 41.3. The van der Waals surface area contributed by atoms with Crippen molar-refractivity contribution in [1.29, 1.82) is 0 Å². The highest BCUT2D eigenvalue weighted by Crippen LogP contribution is 2.21. The number of carbonyl (C=O) groups is 2. The van der Waals surface area contributed by atoms with Crippen molar-refractivity contribution < 1.29 is 19.2 Å². The van der Waals surface area contributed by atoms with Crippen LogP contribution in [0.4, 0.5) is 10.5 Å². The number of ether oxygens (including phenoxy) is 1. The third-order valence-electron chi connectivity index (χ3n) is 4.95.